The minimum absolute atomic E-state index is 0.138. The lowest BCUT2D eigenvalue weighted by atomic mass is 9.86. The number of hydrogen-bond donors (Lipinski definition) is 0. The van der Waals surface area contributed by atoms with Gasteiger partial charge in [0.05, 0.1) is 6.04 Å². The van der Waals surface area contributed by atoms with Gasteiger partial charge in [-0.3, -0.25) is 9.69 Å². The van der Waals surface area contributed by atoms with Gasteiger partial charge in [-0.15, -0.1) is 11.3 Å². The van der Waals surface area contributed by atoms with Crippen LogP contribution in [0.2, 0.25) is 0 Å². The van der Waals surface area contributed by atoms with Crippen LogP contribution in [-0.4, -0.2) is 41.4 Å². The van der Waals surface area contributed by atoms with Crippen LogP contribution in [0.4, 0.5) is 0 Å². The lowest BCUT2D eigenvalue weighted by molar-refractivity contribution is -0.145. The summed E-state index contributed by atoms with van der Waals surface area (Å²) < 4.78 is 0. The summed E-state index contributed by atoms with van der Waals surface area (Å²) in [7, 11) is 0. The van der Waals surface area contributed by atoms with Crippen LogP contribution >= 0.6 is 11.3 Å². The number of likely N-dealkylation sites (tertiary alicyclic amines) is 2. The first-order valence-electron chi connectivity index (χ1n) is 6.83. The summed E-state index contributed by atoms with van der Waals surface area (Å²) in [4.78, 5) is 18.2. The number of piperidine rings is 2. The van der Waals surface area contributed by atoms with Crippen molar-refractivity contribution in [3.8, 4) is 0 Å². The molecule has 2 bridgehead atoms. The Labute approximate surface area is 112 Å². The van der Waals surface area contributed by atoms with Crippen LogP contribution in [0.15, 0.2) is 17.5 Å². The van der Waals surface area contributed by atoms with Crippen molar-refractivity contribution >= 4 is 17.2 Å². The van der Waals surface area contributed by atoms with E-state index in [-0.39, 0.29) is 6.04 Å². The minimum Gasteiger partial charge on any atom is -0.341 e. The van der Waals surface area contributed by atoms with Gasteiger partial charge in [0.2, 0.25) is 5.91 Å². The molecule has 0 spiro atoms. The third-order valence-corrected chi connectivity index (χ3v) is 5.08. The Morgan fingerprint density at radius 3 is 3.11 bits per heavy atom. The standard InChI is InChI=1S/C14H20N2OS/c1-2-15-9-11-5-6-16(13(8-11)14(15)17)10-12-4-3-7-18-12/h3-4,7,11,13H,2,5-6,8-10H2,1H3/t11-,13+/m0/s1. The molecule has 2 atom stereocenters. The van der Waals surface area contributed by atoms with E-state index in [0.717, 1.165) is 38.5 Å². The fourth-order valence-electron chi connectivity index (χ4n) is 3.20. The Kier molecular flexibility index (Phi) is 3.39. The topological polar surface area (TPSA) is 23.6 Å². The van der Waals surface area contributed by atoms with Gasteiger partial charge < -0.3 is 4.90 Å². The highest BCUT2D eigenvalue weighted by molar-refractivity contribution is 7.09. The van der Waals surface area contributed by atoms with Gasteiger partial charge in [-0.05, 0) is 43.7 Å². The Morgan fingerprint density at radius 2 is 2.39 bits per heavy atom. The van der Waals surface area contributed by atoms with Crippen molar-refractivity contribution in [1.29, 1.82) is 0 Å². The van der Waals surface area contributed by atoms with Gasteiger partial charge in [-0.1, -0.05) is 6.07 Å². The van der Waals surface area contributed by atoms with Crippen molar-refractivity contribution in [3.05, 3.63) is 22.4 Å². The van der Waals surface area contributed by atoms with Gasteiger partial charge in [0, 0.05) is 24.5 Å². The summed E-state index contributed by atoms with van der Waals surface area (Å²) in [6, 6.07) is 4.40. The number of thiophene rings is 1. The summed E-state index contributed by atoms with van der Waals surface area (Å²) in [6.45, 7) is 5.95. The first-order chi connectivity index (χ1) is 8.78. The number of fused-ring (bicyclic) bond motifs is 2. The van der Waals surface area contributed by atoms with E-state index in [9.17, 15) is 4.79 Å². The molecule has 0 unspecified atom stereocenters. The average molecular weight is 264 g/mol. The number of rotatable bonds is 3. The molecule has 0 saturated carbocycles. The molecule has 0 N–H and O–H groups in total. The molecule has 1 amide bonds. The number of nitrogens with zero attached hydrogens (tertiary/aromatic N) is 2. The van der Waals surface area contributed by atoms with E-state index < -0.39 is 0 Å². The maximum atomic E-state index is 12.4. The lowest BCUT2D eigenvalue weighted by Crippen LogP contribution is -2.58. The number of amides is 1. The zero-order chi connectivity index (χ0) is 12.5. The average Bonchev–Trinajstić information content (AvgIpc) is 2.89. The van der Waals surface area contributed by atoms with Crippen LogP contribution in [-0.2, 0) is 11.3 Å². The van der Waals surface area contributed by atoms with Crippen LogP contribution in [0.3, 0.4) is 0 Å². The quantitative estimate of drug-likeness (QED) is 0.835. The maximum absolute atomic E-state index is 12.4. The fraction of sp³-hybridized carbons (Fsp3) is 0.643. The maximum Gasteiger partial charge on any atom is 0.239 e. The van der Waals surface area contributed by atoms with Crippen LogP contribution in [0.5, 0.6) is 0 Å². The molecule has 3 rings (SSSR count). The zero-order valence-electron chi connectivity index (χ0n) is 10.8. The van der Waals surface area contributed by atoms with Gasteiger partial charge in [-0.2, -0.15) is 0 Å². The highest BCUT2D eigenvalue weighted by atomic mass is 32.1. The summed E-state index contributed by atoms with van der Waals surface area (Å²) >= 11 is 1.79. The van der Waals surface area contributed by atoms with Crippen LogP contribution in [0, 0.1) is 5.92 Å². The van der Waals surface area contributed by atoms with Crippen molar-refractivity contribution < 1.29 is 4.79 Å². The highest BCUT2D eigenvalue weighted by Gasteiger charge is 2.40. The van der Waals surface area contributed by atoms with Gasteiger partial charge in [-0.25, -0.2) is 0 Å². The Morgan fingerprint density at radius 1 is 1.50 bits per heavy atom. The van der Waals surface area contributed by atoms with Gasteiger partial charge in [0.1, 0.15) is 0 Å². The molecule has 18 heavy (non-hydrogen) atoms. The second kappa shape index (κ2) is 5.02. The zero-order valence-corrected chi connectivity index (χ0v) is 11.7. The molecule has 2 aliphatic heterocycles. The SMILES string of the molecule is CCN1C[C@H]2CCN(Cc3cccs3)[C@H](C2)C1=O. The second-order valence-electron chi connectivity index (χ2n) is 5.33. The van der Waals surface area contributed by atoms with E-state index in [1.807, 2.05) is 4.90 Å². The van der Waals surface area contributed by atoms with Crippen molar-refractivity contribution in [1.82, 2.24) is 9.80 Å². The molecular formula is C14H20N2OS. The Hall–Kier alpha value is -0.870. The van der Waals surface area contributed by atoms with Crippen LogP contribution < -0.4 is 0 Å². The third kappa shape index (κ3) is 2.19. The molecule has 2 saturated heterocycles. The van der Waals surface area contributed by atoms with E-state index in [1.165, 1.54) is 11.3 Å². The Bertz CT molecular complexity index is 417. The van der Waals surface area contributed by atoms with Crippen LogP contribution in [0.1, 0.15) is 24.6 Å². The molecule has 3 heterocycles. The van der Waals surface area contributed by atoms with E-state index in [2.05, 4.69) is 29.3 Å². The molecule has 4 heteroatoms. The van der Waals surface area contributed by atoms with Crippen molar-refractivity contribution in [2.45, 2.75) is 32.4 Å². The number of carbonyl (C=O) groups excluding carboxylic acids is 1. The third-order valence-electron chi connectivity index (χ3n) is 4.22. The predicted molar refractivity (Wildman–Crippen MR) is 73.5 cm³/mol. The van der Waals surface area contributed by atoms with Crippen molar-refractivity contribution in [2.24, 2.45) is 5.92 Å². The molecule has 2 aliphatic rings. The molecule has 98 valence electrons. The monoisotopic (exact) mass is 264 g/mol. The van der Waals surface area contributed by atoms with Gasteiger partial charge in [0.25, 0.3) is 0 Å². The summed E-state index contributed by atoms with van der Waals surface area (Å²) in [6.07, 6.45) is 2.31. The summed E-state index contributed by atoms with van der Waals surface area (Å²) in [5, 5.41) is 2.11. The first kappa shape index (κ1) is 12.2. The molecule has 0 aliphatic carbocycles. The molecule has 0 aromatic carbocycles. The number of likely N-dealkylation sites (N-methyl/N-ethyl adjacent to an activating group) is 1. The number of carbonyl (C=O) groups is 1. The Balaban J connectivity index is 1.74. The highest BCUT2D eigenvalue weighted by Crippen LogP contribution is 2.31. The molecule has 0 radical (unpaired) electrons. The van der Waals surface area contributed by atoms with Gasteiger partial charge >= 0.3 is 0 Å². The molecule has 2 fully saturated rings. The van der Waals surface area contributed by atoms with E-state index in [4.69, 9.17) is 0 Å². The summed E-state index contributed by atoms with van der Waals surface area (Å²) in [5.74, 6) is 1.08. The van der Waals surface area contributed by atoms with E-state index in [1.54, 1.807) is 11.3 Å². The van der Waals surface area contributed by atoms with Gasteiger partial charge in [0.15, 0.2) is 0 Å². The lowest BCUT2D eigenvalue weighted by Gasteiger charge is -2.46. The van der Waals surface area contributed by atoms with E-state index in [0.29, 0.717) is 5.91 Å². The van der Waals surface area contributed by atoms with Crippen molar-refractivity contribution in [2.75, 3.05) is 19.6 Å². The second-order valence-corrected chi connectivity index (χ2v) is 6.37. The van der Waals surface area contributed by atoms with Crippen LogP contribution in [0.25, 0.3) is 0 Å². The smallest absolute Gasteiger partial charge is 0.239 e. The number of hydrogen-bond acceptors (Lipinski definition) is 3. The molecule has 1 aromatic heterocycles. The first-order valence-corrected chi connectivity index (χ1v) is 7.71. The van der Waals surface area contributed by atoms with E-state index >= 15 is 0 Å². The normalized spacial score (nSPS) is 28.7. The fourth-order valence-corrected chi connectivity index (χ4v) is 3.93. The molecule has 3 nitrogen and oxygen atoms in total. The summed E-state index contributed by atoms with van der Waals surface area (Å²) in [5.41, 5.74) is 0. The predicted octanol–water partition coefficient (Wildman–Crippen LogP) is 2.19. The molecular weight excluding hydrogens is 244 g/mol. The largest absolute Gasteiger partial charge is 0.341 e. The molecule has 1 aromatic rings. The van der Waals surface area contributed by atoms with Crippen molar-refractivity contribution in [3.63, 3.8) is 0 Å². The minimum atomic E-state index is 0.138.